The van der Waals surface area contributed by atoms with Gasteiger partial charge in [-0.3, -0.25) is 4.79 Å². The number of rotatable bonds is 25. The fourth-order valence-electron chi connectivity index (χ4n) is 4.33. The SMILES string of the molecule is CCCCCCCCCCCCCCCCCC(=O)C(O)(O)CCCCCCCCC. The third-order valence-electron chi connectivity index (χ3n) is 6.58. The molecule has 3 nitrogen and oxygen atoms in total. The molecular weight excluding hydrogens is 384 g/mol. The Hall–Kier alpha value is -0.410. The molecule has 0 rings (SSSR count). The molecule has 2 N–H and O–H groups in total. The van der Waals surface area contributed by atoms with Gasteiger partial charge in [-0.15, -0.1) is 0 Å². The van der Waals surface area contributed by atoms with Gasteiger partial charge in [0.2, 0.25) is 5.79 Å². The van der Waals surface area contributed by atoms with Crippen molar-refractivity contribution < 1.29 is 15.0 Å². The van der Waals surface area contributed by atoms with E-state index in [1.54, 1.807) is 0 Å². The molecule has 0 atom stereocenters. The van der Waals surface area contributed by atoms with Crippen LogP contribution in [0.25, 0.3) is 0 Å². The highest BCUT2D eigenvalue weighted by atomic mass is 16.5. The van der Waals surface area contributed by atoms with Crippen LogP contribution in [0.3, 0.4) is 0 Å². The minimum atomic E-state index is -2.10. The van der Waals surface area contributed by atoms with Crippen LogP contribution in [0.4, 0.5) is 0 Å². The molecule has 0 heterocycles. The van der Waals surface area contributed by atoms with Gasteiger partial charge in [-0.25, -0.2) is 0 Å². The van der Waals surface area contributed by atoms with Crippen LogP contribution in [0, 0.1) is 0 Å². The Balaban J connectivity index is 3.42. The number of carbonyl (C=O) groups excluding carboxylic acids is 1. The Kier molecular flexibility index (Phi) is 22.5. The predicted octanol–water partition coefficient (Wildman–Crippen LogP) is 8.64. The molecule has 0 aliphatic carbocycles. The van der Waals surface area contributed by atoms with Crippen LogP contribution in [0.15, 0.2) is 0 Å². The van der Waals surface area contributed by atoms with Gasteiger partial charge >= 0.3 is 0 Å². The third-order valence-corrected chi connectivity index (χ3v) is 6.58. The van der Waals surface area contributed by atoms with E-state index in [0.717, 1.165) is 38.5 Å². The fourth-order valence-corrected chi connectivity index (χ4v) is 4.33. The van der Waals surface area contributed by atoms with Gasteiger partial charge in [0.15, 0.2) is 5.78 Å². The van der Waals surface area contributed by atoms with Gasteiger partial charge in [-0.05, 0) is 12.8 Å². The van der Waals surface area contributed by atoms with Crippen LogP contribution in [-0.4, -0.2) is 21.8 Å². The van der Waals surface area contributed by atoms with Crippen LogP contribution < -0.4 is 0 Å². The summed E-state index contributed by atoms with van der Waals surface area (Å²) in [6.45, 7) is 4.48. The molecule has 0 spiro atoms. The van der Waals surface area contributed by atoms with E-state index in [2.05, 4.69) is 13.8 Å². The number of carbonyl (C=O) groups is 1. The van der Waals surface area contributed by atoms with Crippen molar-refractivity contribution >= 4 is 5.78 Å². The molecule has 0 aliphatic rings. The highest BCUT2D eigenvalue weighted by Gasteiger charge is 2.31. The average molecular weight is 441 g/mol. The zero-order valence-corrected chi connectivity index (χ0v) is 21.3. The molecule has 0 aromatic carbocycles. The van der Waals surface area contributed by atoms with Crippen molar-refractivity contribution in [2.45, 2.75) is 174 Å². The largest absolute Gasteiger partial charge is 0.360 e. The third kappa shape index (κ3) is 21.2. The first-order valence-corrected chi connectivity index (χ1v) is 14.0. The Labute approximate surface area is 194 Å². The van der Waals surface area contributed by atoms with Gasteiger partial charge in [0.25, 0.3) is 0 Å². The fraction of sp³-hybridized carbons (Fsp3) is 0.964. The molecule has 0 amide bonds. The van der Waals surface area contributed by atoms with Crippen molar-refractivity contribution in [3.05, 3.63) is 0 Å². The van der Waals surface area contributed by atoms with Crippen molar-refractivity contribution in [1.82, 2.24) is 0 Å². The van der Waals surface area contributed by atoms with Gasteiger partial charge in [-0.1, -0.05) is 142 Å². The van der Waals surface area contributed by atoms with Gasteiger partial charge < -0.3 is 10.2 Å². The van der Waals surface area contributed by atoms with E-state index >= 15 is 0 Å². The first kappa shape index (κ1) is 30.6. The zero-order valence-electron chi connectivity index (χ0n) is 21.3. The summed E-state index contributed by atoms with van der Waals surface area (Å²) in [7, 11) is 0. The van der Waals surface area contributed by atoms with Crippen LogP contribution in [-0.2, 0) is 4.79 Å². The summed E-state index contributed by atoms with van der Waals surface area (Å²) in [6, 6.07) is 0. The van der Waals surface area contributed by atoms with Gasteiger partial charge in [0.05, 0.1) is 0 Å². The average Bonchev–Trinajstić information content (AvgIpc) is 2.75. The Morgan fingerprint density at radius 2 is 0.774 bits per heavy atom. The summed E-state index contributed by atoms with van der Waals surface area (Å²) in [5.41, 5.74) is 0. The van der Waals surface area contributed by atoms with Crippen molar-refractivity contribution in [2.24, 2.45) is 0 Å². The van der Waals surface area contributed by atoms with Gasteiger partial charge in [-0.2, -0.15) is 0 Å². The topological polar surface area (TPSA) is 57.5 Å². The monoisotopic (exact) mass is 440 g/mol. The quantitative estimate of drug-likeness (QED) is 0.110. The van der Waals surface area contributed by atoms with Crippen molar-refractivity contribution in [3.8, 4) is 0 Å². The molecule has 0 aromatic heterocycles. The maximum absolute atomic E-state index is 12.1. The van der Waals surface area contributed by atoms with Gasteiger partial charge in [0.1, 0.15) is 0 Å². The Morgan fingerprint density at radius 1 is 0.484 bits per heavy atom. The second-order valence-corrected chi connectivity index (χ2v) is 9.81. The number of hydrogen-bond acceptors (Lipinski definition) is 3. The van der Waals surface area contributed by atoms with E-state index in [-0.39, 0.29) is 12.2 Å². The van der Waals surface area contributed by atoms with Gasteiger partial charge in [0, 0.05) is 12.8 Å². The number of Topliss-reactive ketones (excluding diaryl/α,β-unsaturated/α-hetero) is 1. The molecule has 0 fully saturated rings. The number of aliphatic hydroxyl groups is 2. The lowest BCUT2D eigenvalue weighted by Gasteiger charge is -2.20. The summed E-state index contributed by atoms with van der Waals surface area (Å²) in [6.07, 6.45) is 27.7. The molecule has 186 valence electrons. The molecule has 0 unspecified atom stereocenters. The minimum absolute atomic E-state index is 0.193. The predicted molar refractivity (Wildman–Crippen MR) is 134 cm³/mol. The van der Waals surface area contributed by atoms with Crippen LogP contribution >= 0.6 is 0 Å². The van der Waals surface area contributed by atoms with E-state index in [0.29, 0.717) is 6.42 Å². The van der Waals surface area contributed by atoms with E-state index < -0.39 is 5.79 Å². The van der Waals surface area contributed by atoms with Crippen LogP contribution in [0.1, 0.15) is 168 Å². The summed E-state index contributed by atoms with van der Waals surface area (Å²) in [5.74, 6) is -2.48. The first-order valence-electron chi connectivity index (χ1n) is 14.0. The van der Waals surface area contributed by atoms with E-state index in [1.165, 1.54) is 103 Å². The molecule has 0 saturated heterocycles. The Bertz CT molecular complexity index is 378. The second-order valence-electron chi connectivity index (χ2n) is 9.81. The van der Waals surface area contributed by atoms with Crippen molar-refractivity contribution in [2.75, 3.05) is 0 Å². The molecule has 0 aliphatic heterocycles. The molecule has 0 bridgehead atoms. The lowest BCUT2D eigenvalue weighted by molar-refractivity contribution is -0.185. The number of unbranched alkanes of at least 4 members (excludes halogenated alkanes) is 20. The van der Waals surface area contributed by atoms with E-state index in [1.807, 2.05) is 0 Å². The highest BCUT2D eigenvalue weighted by molar-refractivity contribution is 5.85. The summed E-state index contributed by atoms with van der Waals surface area (Å²) >= 11 is 0. The summed E-state index contributed by atoms with van der Waals surface area (Å²) in [4.78, 5) is 12.1. The molecule has 31 heavy (non-hydrogen) atoms. The lowest BCUT2D eigenvalue weighted by atomic mass is 9.98. The van der Waals surface area contributed by atoms with Crippen molar-refractivity contribution in [3.63, 3.8) is 0 Å². The van der Waals surface area contributed by atoms with E-state index in [4.69, 9.17) is 0 Å². The summed E-state index contributed by atoms with van der Waals surface area (Å²) < 4.78 is 0. The molecule has 0 aromatic rings. The normalized spacial score (nSPS) is 11.9. The Morgan fingerprint density at radius 3 is 1.13 bits per heavy atom. The second kappa shape index (κ2) is 22.8. The zero-order chi connectivity index (χ0) is 23.0. The lowest BCUT2D eigenvalue weighted by Crippen LogP contribution is -2.38. The smallest absolute Gasteiger partial charge is 0.223 e. The number of hydrogen-bond donors (Lipinski definition) is 2. The number of ketones is 1. The highest BCUT2D eigenvalue weighted by Crippen LogP contribution is 2.19. The standard InChI is InChI=1S/C28H56O3/c1-3-5-7-9-11-12-13-14-15-16-17-18-19-21-23-25-27(29)28(30,31)26-24-22-20-10-8-6-4-2/h30-31H,3-26H2,1-2H3. The summed E-state index contributed by atoms with van der Waals surface area (Å²) in [5, 5.41) is 20.1. The maximum atomic E-state index is 12.1. The van der Waals surface area contributed by atoms with Crippen molar-refractivity contribution in [1.29, 1.82) is 0 Å². The van der Waals surface area contributed by atoms with E-state index in [9.17, 15) is 15.0 Å². The molecule has 3 heteroatoms. The minimum Gasteiger partial charge on any atom is -0.360 e. The van der Waals surface area contributed by atoms with Crippen LogP contribution in [0.5, 0.6) is 0 Å². The van der Waals surface area contributed by atoms with Crippen LogP contribution in [0.2, 0.25) is 0 Å². The first-order chi connectivity index (χ1) is 15.0. The molecule has 0 radical (unpaired) electrons. The molecule has 0 saturated carbocycles. The maximum Gasteiger partial charge on any atom is 0.223 e. The molecular formula is C28H56O3.